The van der Waals surface area contributed by atoms with Gasteiger partial charge in [-0.05, 0) is 18.1 Å². The van der Waals surface area contributed by atoms with Crippen molar-refractivity contribution in [1.29, 1.82) is 0 Å². The highest BCUT2D eigenvalue weighted by Crippen LogP contribution is 2.20. The molecule has 25 heavy (non-hydrogen) atoms. The highest BCUT2D eigenvalue weighted by Gasteiger charge is 2.23. The minimum Gasteiger partial charge on any atom is -0.378 e. The molecule has 0 radical (unpaired) electrons. The van der Waals surface area contributed by atoms with Gasteiger partial charge in [-0.2, -0.15) is 0 Å². The highest BCUT2D eigenvalue weighted by atomic mass is 16.5. The second-order valence-corrected chi connectivity index (χ2v) is 6.80. The average Bonchev–Trinajstić information content (AvgIpc) is 2.65. The van der Waals surface area contributed by atoms with Crippen molar-refractivity contribution in [2.24, 2.45) is 0 Å². The summed E-state index contributed by atoms with van der Waals surface area (Å²) in [6.45, 7) is 7.53. The lowest BCUT2D eigenvalue weighted by Crippen LogP contribution is -2.40. The molecule has 6 nitrogen and oxygen atoms in total. The highest BCUT2D eigenvalue weighted by molar-refractivity contribution is 5.35. The topological polar surface area (TPSA) is 61.5 Å². The summed E-state index contributed by atoms with van der Waals surface area (Å²) in [6, 6.07) is 8.43. The van der Waals surface area contributed by atoms with Gasteiger partial charge < -0.3 is 9.64 Å². The van der Waals surface area contributed by atoms with Crippen molar-refractivity contribution in [2.45, 2.75) is 26.4 Å². The maximum atomic E-state index is 12.6. The summed E-state index contributed by atoms with van der Waals surface area (Å²) < 4.78 is 5.38. The Hall–Kier alpha value is -2.18. The van der Waals surface area contributed by atoms with Gasteiger partial charge in [0.2, 0.25) is 5.95 Å². The number of fused-ring (bicyclic) bond motifs is 1. The molecule has 1 saturated heterocycles. The molecule has 1 aromatic carbocycles. The molecule has 3 heterocycles. The Labute approximate surface area is 147 Å². The van der Waals surface area contributed by atoms with Crippen LogP contribution in [-0.2, 0) is 24.2 Å². The average molecular weight is 340 g/mol. The van der Waals surface area contributed by atoms with Crippen molar-refractivity contribution in [1.82, 2.24) is 14.9 Å². The molecule has 0 bridgehead atoms. The van der Waals surface area contributed by atoms with Crippen LogP contribution >= 0.6 is 0 Å². The van der Waals surface area contributed by atoms with Crippen LogP contribution in [0.2, 0.25) is 0 Å². The van der Waals surface area contributed by atoms with E-state index in [1.807, 2.05) is 0 Å². The monoisotopic (exact) mass is 340 g/mol. The molecule has 1 N–H and O–H groups in total. The number of anilines is 1. The number of aromatic nitrogens is 2. The second kappa shape index (κ2) is 6.98. The number of H-pyrrole nitrogens is 1. The molecule has 0 atom stereocenters. The molecule has 6 heteroatoms. The number of rotatable bonds is 3. The fourth-order valence-corrected chi connectivity index (χ4v) is 3.56. The van der Waals surface area contributed by atoms with Gasteiger partial charge in [-0.1, -0.05) is 24.3 Å². The van der Waals surface area contributed by atoms with Gasteiger partial charge >= 0.3 is 0 Å². The van der Waals surface area contributed by atoms with Crippen molar-refractivity contribution in [3.8, 4) is 0 Å². The van der Waals surface area contributed by atoms with E-state index < -0.39 is 0 Å². The predicted octanol–water partition coefficient (Wildman–Crippen LogP) is 1.47. The van der Waals surface area contributed by atoms with Crippen LogP contribution in [0, 0.1) is 6.92 Å². The Kier molecular flexibility index (Phi) is 4.55. The lowest BCUT2D eigenvalue weighted by Gasteiger charge is -2.31. The second-order valence-electron chi connectivity index (χ2n) is 6.80. The van der Waals surface area contributed by atoms with E-state index in [1.54, 1.807) is 0 Å². The molecule has 2 aromatic rings. The fourth-order valence-electron chi connectivity index (χ4n) is 3.56. The van der Waals surface area contributed by atoms with Crippen molar-refractivity contribution in [3.05, 3.63) is 57.0 Å². The number of aryl methyl sites for hydroxylation is 1. The summed E-state index contributed by atoms with van der Waals surface area (Å²) in [5.74, 6) is 0.694. The molecule has 0 saturated carbocycles. The van der Waals surface area contributed by atoms with E-state index in [0.717, 1.165) is 43.9 Å². The molecule has 4 rings (SSSR count). The molecule has 0 spiro atoms. The first-order valence-corrected chi connectivity index (χ1v) is 8.92. The lowest BCUT2D eigenvalue weighted by atomic mass is 10.0. The molecule has 1 fully saturated rings. The number of ether oxygens (including phenoxy) is 1. The van der Waals surface area contributed by atoms with Crippen molar-refractivity contribution >= 4 is 5.95 Å². The first kappa shape index (κ1) is 16.3. The zero-order valence-corrected chi connectivity index (χ0v) is 14.6. The van der Waals surface area contributed by atoms with Crippen molar-refractivity contribution in [2.75, 3.05) is 37.7 Å². The van der Waals surface area contributed by atoms with Gasteiger partial charge in [0.25, 0.3) is 5.56 Å². The third-order valence-corrected chi connectivity index (χ3v) is 5.10. The van der Waals surface area contributed by atoms with E-state index in [-0.39, 0.29) is 5.56 Å². The number of benzene rings is 1. The van der Waals surface area contributed by atoms with Gasteiger partial charge in [0.15, 0.2) is 0 Å². The van der Waals surface area contributed by atoms with Crippen LogP contribution < -0.4 is 10.5 Å². The van der Waals surface area contributed by atoms with Gasteiger partial charge in [0.05, 0.1) is 24.5 Å². The van der Waals surface area contributed by atoms with E-state index >= 15 is 0 Å². The van der Waals surface area contributed by atoms with Gasteiger partial charge in [0.1, 0.15) is 0 Å². The molecule has 1 aromatic heterocycles. The largest absolute Gasteiger partial charge is 0.378 e. The zero-order valence-electron chi connectivity index (χ0n) is 14.6. The quantitative estimate of drug-likeness (QED) is 0.917. The van der Waals surface area contributed by atoms with Crippen LogP contribution in [0.25, 0.3) is 0 Å². The van der Waals surface area contributed by atoms with Crippen LogP contribution in [0.5, 0.6) is 0 Å². The molecule has 2 aliphatic heterocycles. The summed E-state index contributed by atoms with van der Waals surface area (Å²) in [6.07, 6.45) is 0.822. The number of morpholine rings is 1. The number of hydrogen-bond acceptors (Lipinski definition) is 5. The van der Waals surface area contributed by atoms with Gasteiger partial charge in [-0.25, -0.2) is 4.98 Å². The maximum Gasteiger partial charge on any atom is 0.257 e. The van der Waals surface area contributed by atoms with Crippen LogP contribution in [0.1, 0.15) is 22.4 Å². The van der Waals surface area contributed by atoms with Crippen molar-refractivity contribution in [3.63, 3.8) is 0 Å². The molecular weight excluding hydrogens is 316 g/mol. The Morgan fingerprint density at radius 1 is 1.20 bits per heavy atom. The van der Waals surface area contributed by atoms with E-state index in [0.29, 0.717) is 25.7 Å². The first-order chi connectivity index (χ1) is 12.2. The summed E-state index contributed by atoms with van der Waals surface area (Å²) in [5, 5.41) is 0. The normalized spacial score (nSPS) is 18.2. The van der Waals surface area contributed by atoms with Gasteiger partial charge in [-0.15, -0.1) is 0 Å². The van der Waals surface area contributed by atoms with Crippen molar-refractivity contribution < 1.29 is 4.74 Å². The summed E-state index contributed by atoms with van der Waals surface area (Å²) >= 11 is 0. The van der Waals surface area contributed by atoms with E-state index in [9.17, 15) is 4.79 Å². The standard InChI is InChI=1S/C19H24N4O2/c1-14-4-2-3-5-15(14)12-22-7-6-17-16(13-22)18(24)21-19(20-17)23-8-10-25-11-9-23/h2-5H,6-13H2,1H3,(H,20,21,24). The minimum atomic E-state index is 0.000903. The Bertz CT molecular complexity index is 811. The molecular formula is C19H24N4O2. The number of nitrogens with one attached hydrogen (secondary N) is 1. The number of hydrogen-bond donors (Lipinski definition) is 1. The number of nitrogens with zero attached hydrogens (tertiary/aromatic N) is 3. The third-order valence-electron chi connectivity index (χ3n) is 5.10. The Morgan fingerprint density at radius 2 is 2.00 bits per heavy atom. The van der Waals surface area contributed by atoms with E-state index in [4.69, 9.17) is 9.72 Å². The first-order valence-electron chi connectivity index (χ1n) is 8.92. The summed E-state index contributed by atoms with van der Waals surface area (Å²) in [7, 11) is 0. The molecule has 2 aliphatic rings. The Balaban J connectivity index is 1.53. The lowest BCUT2D eigenvalue weighted by molar-refractivity contribution is 0.122. The van der Waals surface area contributed by atoms with Crippen LogP contribution in [0.15, 0.2) is 29.1 Å². The predicted molar refractivity (Wildman–Crippen MR) is 96.9 cm³/mol. The van der Waals surface area contributed by atoms with Crippen LogP contribution in [0.4, 0.5) is 5.95 Å². The Morgan fingerprint density at radius 3 is 2.80 bits per heavy atom. The van der Waals surface area contributed by atoms with Crippen LogP contribution in [-0.4, -0.2) is 47.7 Å². The minimum absolute atomic E-state index is 0.000903. The van der Waals surface area contributed by atoms with Gasteiger partial charge in [0, 0.05) is 39.1 Å². The zero-order chi connectivity index (χ0) is 17.2. The summed E-state index contributed by atoms with van der Waals surface area (Å²) in [4.78, 5) is 24.8. The molecule has 0 aliphatic carbocycles. The maximum absolute atomic E-state index is 12.6. The fraction of sp³-hybridized carbons (Fsp3) is 0.474. The smallest absolute Gasteiger partial charge is 0.257 e. The SMILES string of the molecule is Cc1ccccc1CN1CCc2nc(N3CCOCC3)[nH]c(=O)c2C1. The molecule has 0 unspecified atom stereocenters. The van der Waals surface area contributed by atoms with Crippen LogP contribution in [0.3, 0.4) is 0 Å². The van der Waals surface area contributed by atoms with Gasteiger partial charge in [-0.3, -0.25) is 14.7 Å². The molecule has 132 valence electrons. The number of aromatic amines is 1. The third kappa shape index (κ3) is 3.45. The van der Waals surface area contributed by atoms with E-state index in [1.165, 1.54) is 11.1 Å². The van der Waals surface area contributed by atoms with E-state index in [2.05, 4.69) is 46.0 Å². The summed E-state index contributed by atoms with van der Waals surface area (Å²) in [5.41, 5.74) is 4.38. The molecule has 0 amide bonds.